The Kier molecular flexibility index (Phi) is 3.74. The Morgan fingerprint density at radius 3 is 2.90 bits per heavy atom. The zero-order valence-electron chi connectivity index (χ0n) is 11.3. The highest BCUT2D eigenvalue weighted by molar-refractivity contribution is 6.32. The number of H-pyrrole nitrogens is 1. The third kappa shape index (κ3) is 2.82. The van der Waals surface area contributed by atoms with Crippen molar-refractivity contribution in [3.05, 3.63) is 34.6 Å². The summed E-state index contributed by atoms with van der Waals surface area (Å²) in [5.74, 6) is 1.37. The van der Waals surface area contributed by atoms with Crippen LogP contribution in [0.5, 0.6) is 5.75 Å². The molecule has 2 aromatic rings. The summed E-state index contributed by atoms with van der Waals surface area (Å²) in [7, 11) is 1.54. The first-order valence-electron chi connectivity index (χ1n) is 6.55. The number of carbonyl (C=O) groups excluding carboxylic acids is 1. The van der Waals surface area contributed by atoms with Crippen LogP contribution in [-0.4, -0.2) is 39.7 Å². The summed E-state index contributed by atoms with van der Waals surface area (Å²) in [6, 6.07) is 5.10. The third-order valence-electron chi connectivity index (χ3n) is 3.61. The molecule has 21 heavy (non-hydrogen) atoms. The average Bonchev–Trinajstić information content (AvgIpc) is 2.95. The van der Waals surface area contributed by atoms with Crippen LogP contribution in [0.1, 0.15) is 34.9 Å². The minimum Gasteiger partial charge on any atom is -0.495 e. The molecule has 110 valence electrons. The summed E-state index contributed by atoms with van der Waals surface area (Å²) in [6.07, 6.45) is 1.63. The molecule has 0 atom stereocenters. The van der Waals surface area contributed by atoms with Gasteiger partial charge in [-0.15, -0.1) is 10.2 Å². The molecule has 0 aliphatic heterocycles. The normalized spacial score (nSPS) is 20.7. The number of benzene rings is 1. The van der Waals surface area contributed by atoms with E-state index in [1.54, 1.807) is 18.2 Å². The number of nitrogens with zero attached hydrogens (tertiary/aromatic N) is 3. The molecule has 7 nitrogen and oxygen atoms in total. The van der Waals surface area contributed by atoms with Gasteiger partial charge in [0.1, 0.15) is 5.75 Å². The van der Waals surface area contributed by atoms with Gasteiger partial charge in [0, 0.05) is 17.5 Å². The Bertz CT molecular complexity index is 640. The van der Waals surface area contributed by atoms with Crippen molar-refractivity contribution in [2.24, 2.45) is 0 Å². The van der Waals surface area contributed by atoms with Crippen molar-refractivity contribution in [2.75, 3.05) is 7.11 Å². The van der Waals surface area contributed by atoms with Crippen LogP contribution in [0.2, 0.25) is 5.02 Å². The third-order valence-corrected chi connectivity index (χ3v) is 3.91. The van der Waals surface area contributed by atoms with E-state index in [1.807, 2.05) is 0 Å². The van der Waals surface area contributed by atoms with Crippen molar-refractivity contribution < 1.29 is 9.53 Å². The number of methoxy groups -OCH3 is 1. The number of halogens is 1. The predicted octanol–water partition coefficient (Wildman–Crippen LogP) is 1.54. The highest BCUT2D eigenvalue weighted by atomic mass is 35.5. The van der Waals surface area contributed by atoms with E-state index in [0.717, 1.165) is 12.8 Å². The quantitative estimate of drug-likeness (QED) is 0.893. The molecule has 0 unspecified atom stereocenters. The second-order valence-electron chi connectivity index (χ2n) is 4.96. The number of carbonyl (C=O) groups is 1. The molecule has 0 saturated heterocycles. The fourth-order valence-electron chi connectivity index (χ4n) is 2.37. The molecule has 1 aliphatic carbocycles. The molecule has 1 amide bonds. The molecule has 1 aromatic carbocycles. The average molecular weight is 308 g/mol. The summed E-state index contributed by atoms with van der Waals surface area (Å²) >= 11 is 6.02. The van der Waals surface area contributed by atoms with E-state index in [1.165, 1.54) is 7.11 Å². The van der Waals surface area contributed by atoms with Crippen LogP contribution in [0, 0.1) is 0 Å². The highest BCUT2D eigenvalue weighted by Crippen LogP contribution is 2.34. The lowest BCUT2D eigenvalue weighted by atomic mass is 9.79. The lowest BCUT2D eigenvalue weighted by Crippen LogP contribution is -2.43. The van der Waals surface area contributed by atoms with Gasteiger partial charge in [-0.2, -0.15) is 5.21 Å². The number of rotatable bonds is 4. The fourth-order valence-corrected chi connectivity index (χ4v) is 2.62. The van der Waals surface area contributed by atoms with E-state index >= 15 is 0 Å². The van der Waals surface area contributed by atoms with E-state index in [0.29, 0.717) is 22.2 Å². The summed E-state index contributed by atoms with van der Waals surface area (Å²) in [5.41, 5.74) is 0.517. The van der Waals surface area contributed by atoms with Crippen molar-refractivity contribution in [1.29, 1.82) is 0 Å². The van der Waals surface area contributed by atoms with E-state index in [-0.39, 0.29) is 17.9 Å². The van der Waals surface area contributed by atoms with Gasteiger partial charge in [0.15, 0.2) is 5.82 Å². The smallest absolute Gasteiger partial charge is 0.251 e. The molecule has 1 aliphatic rings. The van der Waals surface area contributed by atoms with Gasteiger partial charge in [-0.05, 0) is 31.0 Å². The van der Waals surface area contributed by atoms with Gasteiger partial charge in [0.05, 0.1) is 12.1 Å². The largest absolute Gasteiger partial charge is 0.495 e. The molecular weight excluding hydrogens is 294 g/mol. The number of aromatic amines is 1. The molecule has 0 radical (unpaired) electrons. The minimum atomic E-state index is -0.142. The number of nitrogens with one attached hydrogen (secondary N) is 2. The number of aromatic nitrogens is 4. The molecule has 8 heteroatoms. The van der Waals surface area contributed by atoms with Crippen LogP contribution in [-0.2, 0) is 0 Å². The first kappa shape index (κ1) is 13.8. The topological polar surface area (TPSA) is 92.8 Å². The van der Waals surface area contributed by atoms with Crippen molar-refractivity contribution in [2.45, 2.75) is 24.8 Å². The van der Waals surface area contributed by atoms with E-state index < -0.39 is 0 Å². The summed E-state index contributed by atoms with van der Waals surface area (Å²) < 4.78 is 5.06. The Hall–Kier alpha value is -2.15. The van der Waals surface area contributed by atoms with Crippen molar-refractivity contribution in [3.8, 4) is 5.75 Å². The van der Waals surface area contributed by atoms with Crippen LogP contribution >= 0.6 is 11.6 Å². The minimum absolute atomic E-state index is 0.127. The molecule has 3 rings (SSSR count). The second kappa shape index (κ2) is 5.69. The van der Waals surface area contributed by atoms with E-state index in [9.17, 15) is 4.79 Å². The SMILES string of the molecule is COc1ccc(C(=O)NC2CC(c3nn[nH]n3)C2)cc1Cl. The van der Waals surface area contributed by atoms with Crippen LogP contribution in [0.4, 0.5) is 0 Å². The maximum atomic E-state index is 12.1. The highest BCUT2D eigenvalue weighted by Gasteiger charge is 2.34. The first-order chi connectivity index (χ1) is 10.2. The van der Waals surface area contributed by atoms with Gasteiger partial charge in [-0.1, -0.05) is 16.8 Å². The Balaban J connectivity index is 1.57. The number of tetrazole rings is 1. The summed E-state index contributed by atoms with van der Waals surface area (Å²) in [6.45, 7) is 0. The summed E-state index contributed by atoms with van der Waals surface area (Å²) in [4.78, 5) is 12.1. The number of ether oxygens (including phenoxy) is 1. The summed E-state index contributed by atoms with van der Waals surface area (Å²) in [5, 5.41) is 17.3. The lowest BCUT2D eigenvalue weighted by Gasteiger charge is -2.33. The van der Waals surface area contributed by atoms with Crippen LogP contribution in [0.25, 0.3) is 0 Å². The van der Waals surface area contributed by atoms with E-state index in [2.05, 4.69) is 25.9 Å². The van der Waals surface area contributed by atoms with E-state index in [4.69, 9.17) is 16.3 Å². The van der Waals surface area contributed by atoms with Gasteiger partial charge >= 0.3 is 0 Å². The first-order valence-corrected chi connectivity index (χ1v) is 6.93. The molecule has 1 fully saturated rings. The molecule has 1 aromatic heterocycles. The lowest BCUT2D eigenvalue weighted by molar-refractivity contribution is 0.0907. The Morgan fingerprint density at radius 2 is 2.29 bits per heavy atom. The number of hydrogen-bond donors (Lipinski definition) is 2. The number of amides is 1. The van der Waals surface area contributed by atoms with Crippen LogP contribution in [0.3, 0.4) is 0 Å². The molecule has 1 saturated carbocycles. The van der Waals surface area contributed by atoms with Gasteiger partial charge in [0.25, 0.3) is 5.91 Å². The Labute approximate surface area is 126 Å². The van der Waals surface area contributed by atoms with Gasteiger partial charge < -0.3 is 10.1 Å². The maximum absolute atomic E-state index is 12.1. The fraction of sp³-hybridized carbons (Fsp3) is 0.385. The van der Waals surface area contributed by atoms with Crippen molar-refractivity contribution >= 4 is 17.5 Å². The van der Waals surface area contributed by atoms with Gasteiger partial charge in [0.2, 0.25) is 0 Å². The molecule has 0 spiro atoms. The van der Waals surface area contributed by atoms with Gasteiger partial charge in [-0.25, -0.2) is 0 Å². The molecule has 1 heterocycles. The van der Waals surface area contributed by atoms with Crippen LogP contribution < -0.4 is 10.1 Å². The Morgan fingerprint density at radius 1 is 1.48 bits per heavy atom. The second-order valence-corrected chi connectivity index (χ2v) is 5.37. The number of hydrogen-bond acceptors (Lipinski definition) is 5. The molecular formula is C13H14ClN5O2. The van der Waals surface area contributed by atoms with Crippen molar-refractivity contribution in [1.82, 2.24) is 25.9 Å². The standard InChI is InChI=1S/C13H14ClN5O2/c1-21-11-3-2-7(6-10(11)14)13(20)15-9-4-8(5-9)12-16-18-19-17-12/h2-3,6,8-9H,4-5H2,1H3,(H,15,20)(H,16,17,18,19). The predicted molar refractivity (Wildman–Crippen MR) is 75.4 cm³/mol. The monoisotopic (exact) mass is 307 g/mol. The molecule has 0 bridgehead atoms. The van der Waals surface area contributed by atoms with Gasteiger partial charge in [-0.3, -0.25) is 4.79 Å². The van der Waals surface area contributed by atoms with Crippen molar-refractivity contribution in [3.63, 3.8) is 0 Å². The molecule has 2 N–H and O–H groups in total. The maximum Gasteiger partial charge on any atom is 0.251 e. The van der Waals surface area contributed by atoms with Crippen LogP contribution in [0.15, 0.2) is 18.2 Å². The zero-order valence-corrected chi connectivity index (χ0v) is 12.1. The zero-order chi connectivity index (χ0) is 14.8.